The van der Waals surface area contributed by atoms with E-state index in [-0.39, 0.29) is 28.1 Å². The molecule has 0 bridgehead atoms. The predicted molar refractivity (Wildman–Crippen MR) is 155 cm³/mol. The highest BCUT2D eigenvalue weighted by atomic mass is 79.9. The molecule has 0 aliphatic carbocycles. The summed E-state index contributed by atoms with van der Waals surface area (Å²) in [6, 6.07) is 11.4. The van der Waals surface area contributed by atoms with Gasteiger partial charge < -0.3 is 0 Å². The topological polar surface area (TPSA) is 74.8 Å². The second-order valence-corrected chi connectivity index (χ2v) is 11.9. The normalized spacial score (nSPS) is 13.5. The van der Waals surface area contributed by atoms with E-state index < -0.39 is 29.5 Å². The largest absolute Gasteiger partial charge is 0.292 e. The molecule has 3 aromatic carbocycles. The quantitative estimate of drug-likeness (QED) is 0.109. The Morgan fingerprint density at radius 2 is 1.41 bits per heavy atom. The summed E-state index contributed by atoms with van der Waals surface area (Å²) in [6.07, 6.45) is 0.105. The maximum atomic E-state index is 14.0. The minimum Gasteiger partial charge on any atom is -0.292 e. The van der Waals surface area contributed by atoms with Gasteiger partial charge in [-0.1, -0.05) is 60.5 Å². The number of amides is 3. The maximum absolute atomic E-state index is 14.0. The molecule has 3 aromatic rings. The van der Waals surface area contributed by atoms with Gasteiger partial charge in [0.15, 0.2) is 5.78 Å². The number of benzene rings is 3. The van der Waals surface area contributed by atoms with Crippen LogP contribution in [0.2, 0.25) is 10.0 Å². The summed E-state index contributed by atoms with van der Waals surface area (Å²) in [4.78, 5) is 55.2. The molecule has 0 fully saturated rings. The number of hydrogen-bond donors (Lipinski definition) is 0. The monoisotopic (exact) mass is 792 g/mol. The Balaban J connectivity index is 1.93. The molecule has 0 unspecified atom stereocenters. The molecule has 1 aliphatic rings. The number of imide groups is 1. The summed E-state index contributed by atoms with van der Waals surface area (Å²) in [6.45, 7) is 1.69. The third kappa shape index (κ3) is 4.96. The molecule has 3 amide bonds. The van der Waals surface area contributed by atoms with Crippen molar-refractivity contribution in [2.45, 2.75) is 19.4 Å². The first-order valence-electron chi connectivity index (χ1n) is 10.6. The average Bonchev–Trinajstić information content (AvgIpc) is 3.14. The Morgan fingerprint density at radius 1 is 0.865 bits per heavy atom. The SMILES string of the molecule is CC[C@@H](C(=O)c1ccccc1)N(C(=O)c1ccc(Cl)cc1Cl)N1C(=O)c2c(Br)c(Br)c(Br)c(Br)c2C1=O. The van der Waals surface area contributed by atoms with Crippen molar-refractivity contribution in [2.75, 3.05) is 0 Å². The zero-order valence-electron chi connectivity index (χ0n) is 18.7. The van der Waals surface area contributed by atoms with Crippen molar-refractivity contribution in [1.82, 2.24) is 10.0 Å². The second kappa shape index (κ2) is 11.3. The van der Waals surface area contributed by atoms with Crippen LogP contribution >= 0.6 is 86.9 Å². The molecule has 12 heteroatoms. The van der Waals surface area contributed by atoms with Crippen molar-refractivity contribution < 1.29 is 19.2 Å². The second-order valence-electron chi connectivity index (χ2n) is 7.86. The van der Waals surface area contributed by atoms with Gasteiger partial charge in [0.2, 0.25) is 0 Å². The summed E-state index contributed by atoms with van der Waals surface area (Å²) in [5.74, 6) is -2.81. The number of fused-ring (bicyclic) bond motifs is 1. The number of ketones is 1. The van der Waals surface area contributed by atoms with Gasteiger partial charge >= 0.3 is 0 Å². The highest BCUT2D eigenvalue weighted by molar-refractivity contribution is 9.15. The number of carbonyl (C=O) groups is 4. The molecule has 1 aliphatic heterocycles. The van der Waals surface area contributed by atoms with Gasteiger partial charge in [0, 0.05) is 28.5 Å². The van der Waals surface area contributed by atoms with Crippen molar-refractivity contribution >= 4 is 110 Å². The average molecular weight is 797 g/mol. The lowest BCUT2D eigenvalue weighted by molar-refractivity contribution is -0.00975. The summed E-state index contributed by atoms with van der Waals surface area (Å²) in [5, 5.41) is 1.91. The first kappa shape index (κ1) is 28.4. The molecule has 1 heterocycles. The standard InChI is InChI=1S/C25H14Br4Cl2N2O4/c1-2-15(22(34)11-6-4-3-5-7-11)32(23(35)13-9-8-12(30)10-14(13)31)33-24(36)16-17(25(33)37)19(27)21(29)20(28)18(16)26/h3-10,15H,2H2,1H3/t15-/m0/s1. The van der Waals surface area contributed by atoms with Gasteiger partial charge in [0.05, 0.1) is 21.7 Å². The Labute approximate surface area is 255 Å². The van der Waals surface area contributed by atoms with E-state index in [9.17, 15) is 19.2 Å². The number of Topliss-reactive ketones (excluding diaryl/α,β-unsaturated/α-hetero) is 1. The van der Waals surface area contributed by atoms with E-state index in [2.05, 4.69) is 63.7 Å². The molecule has 0 saturated heterocycles. The third-order valence-corrected chi connectivity index (χ3v) is 11.0. The molecule has 4 rings (SSSR count). The van der Waals surface area contributed by atoms with Crippen LogP contribution in [0.5, 0.6) is 0 Å². The Hall–Kier alpha value is -1.56. The summed E-state index contributed by atoms with van der Waals surface area (Å²) in [7, 11) is 0. The van der Waals surface area contributed by atoms with E-state index in [0.717, 1.165) is 5.01 Å². The van der Waals surface area contributed by atoms with Crippen molar-refractivity contribution in [1.29, 1.82) is 0 Å². The molecule has 37 heavy (non-hydrogen) atoms. The fourth-order valence-electron chi connectivity index (χ4n) is 3.96. The Bertz CT molecular complexity index is 1440. The molecule has 6 nitrogen and oxygen atoms in total. The highest BCUT2D eigenvalue weighted by Crippen LogP contribution is 2.46. The van der Waals surface area contributed by atoms with Crippen LogP contribution in [0.4, 0.5) is 0 Å². The van der Waals surface area contributed by atoms with E-state index in [1.807, 2.05) is 0 Å². The van der Waals surface area contributed by atoms with Gasteiger partial charge in [-0.25, -0.2) is 5.01 Å². The van der Waals surface area contributed by atoms with E-state index in [1.54, 1.807) is 37.3 Å². The van der Waals surface area contributed by atoms with Crippen LogP contribution in [0.1, 0.15) is 54.8 Å². The van der Waals surface area contributed by atoms with Gasteiger partial charge in [-0.15, -0.1) is 0 Å². The number of hydrogen-bond acceptors (Lipinski definition) is 4. The van der Waals surface area contributed by atoms with Crippen LogP contribution in [-0.4, -0.2) is 39.6 Å². The van der Waals surface area contributed by atoms with Gasteiger partial charge in [0.25, 0.3) is 17.7 Å². The zero-order valence-corrected chi connectivity index (χ0v) is 26.6. The lowest BCUT2D eigenvalue weighted by Crippen LogP contribution is -2.57. The van der Waals surface area contributed by atoms with Gasteiger partial charge in [-0.2, -0.15) is 5.01 Å². The first-order valence-corrected chi connectivity index (χ1v) is 14.6. The van der Waals surface area contributed by atoms with E-state index in [0.29, 0.717) is 33.5 Å². The van der Waals surface area contributed by atoms with Crippen molar-refractivity contribution in [2.24, 2.45) is 0 Å². The van der Waals surface area contributed by atoms with Crippen LogP contribution in [0.3, 0.4) is 0 Å². The smallest absolute Gasteiger partial charge is 0.282 e. The number of halogens is 6. The minimum absolute atomic E-state index is 0.00831. The summed E-state index contributed by atoms with van der Waals surface area (Å²) >= 11 is 25.9. The van der Waals surface area contributed by atoms with Gasteiger partial charge in [-0.05, 0) is 88.3 Å². The number of hydrazine groups is 1. The molecular formula is C25H14Br4Cl2N2O4. The van der Waals surface area contributed by atoms with Crippen LogP contribution in [0.15, 0.2) is 66.4 Å². The molecule has 190 valence electrons. The minimum atomic E-state index is -1.20. The third-order valence-electron chi connectivity index (χ3n) is 5.71. The van der Waals surface area contributed by atoms with Crippen LogP contribution in [0.25, 0.3) is 0 Å². The fraction of sp³-hybridized carbons (Fsp3) is 0.120. The highest BCUT2D eigenvalue weighted by Gasteiger charge is 2.48. The molecule has 0 aromatic heterocycles. The fourth-order valence-corrected chi connectivity index (χ4v) is 6.90. The summed E-state index contributed by atoms with van der Waals surface area (Å²) in [5.41, 5.74) is 0.365. The Kier molecular flexibility index (Phi) is 8.67. The molecule has 0 radical (unpaired) electrons. The number of carbonyl (C=O) groups excluding carboxylic acids is 4. The predicted octanol–water partition coefficient (Wildman–Crippen LogP) is 8.36. The molecule has 1 atom stereocenters. The summed E-state index contributed by atoms with van der Waals surface area (Å²) < 4.78 is 1.62. The van der Waals surface area contributed by atoms with E-state index in [4.69, 9.17) is 23.2 Å². The lowest BCUT2D eigenvalue weighted by atomic mass is 10.0. The maximum Gasteiger partial charge on any atom is 0.282 e. The number of rotatable bonds is 6. The van der Waals surface area contributed by atoms with Crippen molar-refractivity contribution in [3.8, 4) is 0 Å². The van der Waals surface area contributed by atoms with Gasteiger partial charge in [-0.3, -0.25) is 19.2 Å². The number of nitrogens with zero attached hydrogens (tertiary/aromatic N) is 2. The van der Waals surface area contributed by atoms with Crippen LogP contribution in [-0.2, 0) is 0 Å². The molecule has 0 spiro atoms. The first-order chi connectivity index (χ1) is 17.5. The van der Waals surface area contributed by atoms with Crippen molar-refractivity contribution in [3.63, 3.8) is 0 Å². The molecule has 0 saturated carbocycles. The molecular weight excluding hydrogens is 783 g/mol. The van der Waals surface area contributed by atoms with Crippen molar-refractivity contribution in [3.05, 3.63) is 98.7 Å². The van der Waals surface area contributed by atoms with Crippen LogP contribution < -0.4 is 0 Å². The lowest BCUT2D eigenvalue weighted by Gasteiger charge is -2.35. The molecule has 0 N–H and O–H groups in total. The zero-order chi connectivity index (χ0) is 27.2. The van der Waals surface area contributed by atoms with E-state index >= 15 is 0 Å². The van der Waals surface area contributed by atoms with Gasteiger partial charge in [0.1, 0.15) is 6.04 Å². The Morgan fingerprint density at radius 3 is 1.89 bits per heavy atom. The van der Waals surface area contributed by atoms with Crippen LogP contribution in [0, 0.1) is 0 Å². The van der Waals surface area contributed by atoms with E-state index in [1.165, 1.54) is 18.2 Å².